The van der Waals surface area contributed by atoms with Crippen molar-refractivity contribution in [3.05, 3.63) is 47.7 Å². The molecule has 6 heteroatoms. The molecule has 0 unspecified atom stereocenters. The number of nitrogens with zero attached hydrogens (tertiary/aromatic N) is 4. The minimum Gasteiger partial charge on any atom is -0.494 e. The molecule has 2 heterocycles. The Morgan fingerprint density at radius 3 is 2.38 bits per heavy atom. The molecule has 1 aromatic heterocycles. The van der Waals surface area contributed by atoms with E-state index in [-0.39, 0.29) is 5.91 Å². The maximum Gasteiger partial charge on any atom is 0.253 e. The first-order valence-electron chi connectivity index (χ1n) is 9.25. The van der Waals surface area contributed by atoms with Crippen LogP contribution in [0.1, 0.15) is 35.8 Å². The van der Waals surface area contributed by atoms with Crippen LogP contribution in [-0.4, -0.2) is 53.8 Å². The van der Waals surface area contributed by atoms with E-state index in [0.717, 1.165) is 43.2 Å². The van der Waals surface area contributed by atoms with Gasteiger partial charge in [0.2, 0.25) is 0 Å². The third-order valence-electron chi connectivity index (χ3n) is 4.54. The first-order valence-corrected chi connectivity index (χ1v) is 9.25. The Bertz CT molecular complexity index is 708. The van der Waals surface area contributed by atoms with Gasteiger partial charge in [-0.2, -0.15) is 5.10 Å². The van der Waals surface area contributed by atoms with Crippen LogP contribution in [0.5, 0.6) is 5.75 Å². The molecule has 6 nitrogen and oxygen atoms in total. The van der Waals surface area contributed by atoms with Gasteiger partial charge in [0.25, 0.3) is 5.91 Å². The lowest BCUT2D eigenvalue weighted by Gasteiger charge is -2.35. The van der Waals surface area contributed by atoms with E-state index in [1.165, 1.54) is 0 Å². The minimum atomic E-state index is 0.0692. The molecule has 1 aliphatic heterocycles. The number of hydrogen-bond donors (Lipinski definition) is 0. The molecule has 1 aromatic carbocycles. The van der Waals surface area contributed by atoms with Crippen molar-refractivity contribution in [3.8, 4) is 5.75 Å². The van der Waals surface area contributed by atoms with Crippen LogP contribution < -0.4 is 9.64 Å². The van der Waals surface area contributed by atoms with E-state index in [1.54, 1.807) is 0 Å². The molecular weight excluding hydrogens is 328 g/mol. The zero-order chi connectivity index (χ0) is 18.4. The molecule has 3 rings (SSSR count). The van der Waals surface area contributed by atoms with Gasteiger partial charge in [0.15, 0.2) is 5.82 Å². The van der Waals surface area contributed by atoms with Crippen LogP contribution in [0.25, 0.3) is 0 Å². The second kappa shape index (κ2) is 8.65. The molecule has 0 N–H and O–H groups in total. The van der Waals surface area contributed by atoms with E-state index in [9.17, 15) is 4.79 Å². The lowest BCUT2D eigenvalue weighted by atomic mass is 10.1. The summed E-state index contributed by atoms with van der Waals surface area (Å²) in [5.74, 6) is 1.76. The van der Waals surface area contributed by atoms with Gasteiger partial charge in [-0.25, -0.2) is 0 Å². The SMILES string of the molecule is CCCCOc1ccc(C(=O)N2CCN(c3ccc(C)nn3)CC2)cc1. The number of rotatable bonds is 6. The molecule has 0 radical (unpaired) electrons. The minimum absolute atomic E-state index is 0.0692. The van der Waals surface area contributed by atoms with E-state index < -0.39 is 0 Å². The summed E-state index contributed by atoms with van der Waals surface area (Å²) in [7, 11) is 0. The predicted octanol–water partition coefficient (Wildman–Crippen LogP) is 2.93. The number of amides is 1. The molecule has 0 spiro atoms. The van der Waals surface area contributed by atoms with Gasteiger partial charge in [-0.3, -0.25) is 4.79 Å². The van der Waals surface area contributed by atoms with Gasteiger partial charge in [0.05, 0.1) is 12.3 Å². The second-order valence-corrected chi connectivity index (χ2v) is 6.54. The highest BCUT2D eigenvalue weighted by Crippen LogP contribution is 2.17. The predicted molar refractivity (Wildman–Crippen MR) is 102 cm³/mol. The van der Waals surface area contributed by atoms with E-state index in [4.69, 9.17) is 4.74 Å². The Hall–Kier alpha value is -2.63. The van der Waals surface area contributed by atoms with Crippen molar-refractivity contribution in [2.45, 2.75) is 26.7 Å². The second-order valence-electron chi connectivity index (χ2n) is 6.54. The van der Waals surface area contributed by atoms with Gasteiger partial charge in [0.1, 0.15) is 5.75 Å². The summed E-state index contributed by atoms with van der Waals surface area (Å²) in [6.45, 7) is 7.67. The fourth-order valence-electron chi connectivity index (χ4n) is 2.91. The van der Waals surface area contributed by atoms with Gasteiger partial charge in [-0.1, -0.05) is 13.3 Å². The summed E-state index contributed by atoms with van der Waals surface area (Å²) in [6, 6.07) is 11.4. The first-order chi connectivity index (χ1) is 12.7. The average molecular weight is 354 g/mol. The molecule has 26 heavy (non-hydrogen) atoms. The number of aryl methyl sites for hydroxylation is 1. The third-order valence-corrected chi connectivity index (χ3v) is 4.54. The molecule has 2 aromatic rings. The first kappa shape index (κ1) is 18.2. The molecule has 0 saturated carbocycles. The zero-order valence-electron chi connectivity index (χ0n) is 15.5. The summed E-state index contributed by atoms with van der Waals surface area (Å²) in [6.07, 6.45) is 2.15. The number of anilines is 1. The average Bonchev–Trinajstić information content (AvgIpc) is 2.69. The number of ether oxygens (including phenoxy) is 1. The summed E-state index contributed by atoms with van der Waals surface area (Å²) < 4.78 is 5.65. The molecule has 1 aliphatic rings. The van der Waals surface area contributed by atoms with Gasteiger partial charge in [-0.15, -0.1) is 5.10 Å². The van der Waals surface area contributed by atoms with Crippen molar-refractivity contribution in [3.63, 3.8) is 0 Å². The topological polar surface area (TPSA) is 58.6 Å². The van der Waals surface area contributed by atoms with Crippen molar-refractivity contribution in [1.82, 2.24) is 15.1 Å². The molecule has 1 saturated heterocycles. The van der Waals surface area contributed by atoms with Crippen molar-refractivity contribution >= 4 is 11.7 Å². The number of benzene rings is 1. The number of aromatic nitrogens is 2. The fraction of sp³-hybridized carbons (Fsp3) is 0.450. The molecular formula is C20H26N4O2. The van der Waals surface area contributed by atoms with Crippen molar-refractivity contribution in [2.24, 2.45) is 0 Å². The maximum atomic E-state index is 12.7. The normalized spacial score (nSPS) is 14.4. The smallest absolute Gasteiger partial charge is 0.253 e. The molecule has 0 atom stereocenters. The van der Waals surface area contributed by atoms with Gasteiger partial charge in [-0.05, 0) is 49.7 Å². The monoisotopic (exact) mass is 354 g/mol. The zero-order valence-corrected chi connectivity index (χ0v) is 15.5. The standard InChI is InChI=1S/C20H26N4O2/c1-3-4-15-26-18-8-6-17(7-9-18)20(25)24-13-11-23(12-14-24)19-10-5-16(2)21-22-19/h5-10H,3-4,11-15H2,1-2H3. The van der Waals surface area contributed by atoms with Gasteiger partial charge >= 0.3 is 0 Å². The molecule has 0 aliphatic carbocycles. The Kier molecular flexibility index (Phi) is 6.04. The fourth-order valence-corrected chi connectivity index (χ4v) is 2.91. The van der Waals surface area contributed by atoms with E-state index in [1.807, 2.05) is 48.2 Å². The number of carbonyl (C=O) groups is 1. The van der Waals surface area contributed by atoms with Crippen molar-refractivity contribution in [1.29, 1.82) is 0 Å². The largest absolute Gasteiger partial charge is 0.494 e. The van der Waals surface area contributed by atoms with Crippen LogP contribution >= 0.6 is 0 Å². The molecule has 1 amide bonds. The Morgan fingerprint density at radius 1 is 1.04 bits per heavy atom. The lowest BCUT2D eigenvalue weighted by Crippen LogP contribution is -2.49. The quantitative estimate of drug-likeness (QED) is 0.747. The van der Waals surface area contributed by atoms with Crippen LogP contribution in [-0.2, 0) is 0 Å². The summed E-state index contributed by atoms with van der Waals surface area (Å²) >= 11 is 0. The van der Waals surface area contributed by atoms with Gasteiger partial charge in [0, 0.05) is 31.7 Å². The summed E-state index contributed by atoms with van der Waals surface area (Å²) in [5.41, 5.74) is 1.61. The molecule has 1 fully saturated rings. The highest BCUT2D eigenvalue weighted by Gasteiger charge is 2.23. The van der Waals surface area contributed by atoms with Crippen LogP contribution in [0.4, 0.5) is 5.82 Å². The van der Waals surface area contributed by atoms with E-state index in [0.29, 0.717) is 25.3 Å². The number of hydrogen-bond acceptors (Lipinski definition) is 5. The highest BCUT2D eigenvalue weighted by atomic mass is 16.5. The number of carbonyl (C=O) groups excluding carboxylic acids is 1. The summed E-state index contributed by atoms with van der Waals surface area (Å²) in [5, 5.41) is 8.34. The van der Waals surface area contributed by atoms with Crippen LogP contribution in [0, 0.1) is 6.92 Å². The molecule has 0 bridgehead atoms. The van der Waals surface area contributed by atoms with Crippen LogP contribution in [0.3, 0.4) is 0 Å². The van der Waals surface area contributed by atoms with E-state index >= 15 is 0 Å². The number of piperazine rings is 1. The third kappa shape index (κ3) is 4.50. The van der Waals surface area contributed by atoms with Gasteiger partial charge < -0.3 is 14.5 Å². The highest BCUT2D eigenvalue weighted by molar-refractivity contribution is 5.94. The Morgan fingerprint density at radius 2 is 1.77 bits per heavy atom. The molecule has 138 valence electrons. The number of unbranched alkanes of at least 4 members (excludes halogenated alkanes) is 1. The lowest BCUT2D eigenvalue weighted by molar-refractivity contribution is 0.0746. The van der Waals surface area contributed by atoms with Crippen molar-refractivity contribution in [2.75, 3.05) is 37.7 Å². The van der Waals surface area contributed by atoms with Crippen LogP contribution in [0.15, 0.2) is 36.4 Å². The Labute approximate surface area is 154 Å². The Balaban J connectivity index is 1.53. The van der Waals surface area contributed by atoms with E-state index in [2.05, 4.69) is 22.0 Å². The van der Waals surface area contributed by atoms with Crippen molar-refractivity contribution < 1.29 is 9.53 Å². The maximum absolute atomic E-state index is 12.7. The van der Waals surface area contributed by atoms with Crippen LogP contribution in [0.2, 0.25) is 0 Å². The summed E-state index contributed by atoms with van der Waals surface area (Å²) in [4.78, 5) is 16.8.